The van der Waals surface area contributed by atoms with Gasteiger partial charge in [0.1, 0.15) is 11.3 Å². The molecule has 0 aliphatic rings. The number of para-hydroxylation sites is 1. The molecular weight excluding hydrogens is 374 g/mol. The number of hydrogen-bond donors (Lipinski definition) is 2. The average molecular weight is 393 g/mol. The van der Waals surface area contributed by atoms with Crippen LogP contribution in [0, 0.1) is 0 Å². The molecule has 2 N–H and O–H groups in total. The molecule has 8 heteroatoms. The average Bonchev–Trinajstić information content (AvgIpc) is 3.17. The summed E-state index contributed by atoms with van der Waals surface area (Å²) in [5.41, 5.74) is 0.539. The highest BCUT2D eigenvalue weighted by Crippen LogP contribution is 2.34. The van der Waals surface area contributed by atoms with Crippen LogP contribution in [-0.4, -0.2) is 33.4 Å². The number of pyridine rings is 1. The van der Waals surface area contributed by atoms with Crippen molar-refractivity contribution in [3.05, 3.63) is 52.8 Å². The van der Waals surface area contributed by atoms with E-state index in [2.05, 4.69) is 15.1 Å². The summed E-state index contributed by atoms with van der Waals surface area (Å²) in [4.78, 5) is 19.5. The molecule has 8 nitrogen and oxygen atoms in total. The number of aromatic nitrogens is 3. The Morgan fingerprint density at radius 2 is 1.93 bits per heavy atom. The predicted octanol–water partition coefficient (Wildman–Crippen LogP) is 3.75. The van der Waals surface area contributed by atoms with E-state index >= 15 is 0 Å². The quantitative estimate of drug-likeness (QED) is 0.531. The van der Waals surface area contributed by atoms with Crippen LogP contribution in [0.1, 0.15) is 13.8 Å². The smallest absolute Gasteiger partial charge is 0.267 e. The Balaban J connectivity index is 1.76. The maximum atomic E-state index is 12.5. The molecule has 0 bridgehead atoms. The van der Waals surface area contributed by atoms with E-state index in [0.717, 1.165) is 0 Å². The molecule has 0 amide bonds. The molecule has 0 aliphatic heterocycles. The number of aromatic hydroxyl groups is 1. The van der Waals surface area contributed by atoms with Crippen molar-refractivity contribution in [2.45, 2.75) is 20.0 Å². The molecular formula is C21H19N3O5. The minimum absolute atomic E-state index is 0.00543. The van der Waals surface area contributed by atoms with Crippen molar-refractivity contribution in [3.8, 4) is 40.1 Å². The molecule has 0 saturated heterocycles. The van der Waals surface area contributed by atoms with E-state index in [-0.39, 0.29) is 29.1 Å². The molecule has 0 unspecified atom stereocenters. The molecule has 2 aromatic heterocycles. The zero-order chi connectivity index (χ0) is 20.5. The van der Waals surface area contributed by atoms with Crippen molar-refractivity contribution in [2.24, 2.45) is 0 Å². The van der Waals surface area contributed by atoms with Crippen LogP contribution in [0.3, 0.4) is 0 Å². The molecule has 0 aliphatic carbocycles. The third-order valence-corrected chi connectivity index (χ3v) is 4.32. The van der Waals surface area contributed by atoms with Gasteiger partial charge in [-0.3, -0.25) is 4.79 Å². The SMILES string of the molecule is COc1cc(-c2noc(-c3c(O)c4ccccc4[nH]c3=O)n2)ccc1OC(C)C. The summed E-state index contributed by atoms with van der Waals surface area (Å²) >= 11 is 0. The third-order valence-electron chi connectivity index (χ3n) is 4.32. The van der Waals surface area contributed by atoms with E-state index in [1.54, 1.807) is 49.6 Å². The van der Waals surface area contributed by atoms with E-state index in [9.17, 15) is 9.90 Å². The van der Waals surface area contributed by atoms with Gasteiger partial charge in [-0.2, -0.15) is 4.98 Å². The summed E-state index contributed by atoms with van der Waals surface area (Å²) < 4.78 is 16.4. The molecule has 0 saturated carbocycles. The number of methoxy groups -OCH3 is 1. The highest BCUT2D eigenvalue weighted by molar-refractivity contribution is 5.90. The zero-order valence-electron chi connectivity index (χ0n) is 16.1. The molecule has 4 aromatic rings. The molecule has 2 heterocycles. The lowest BCUT2D eigenvalue weighted by Gasteiger charge is -2.13. The first kappa shape index (κ1) is 18.5. The fourth-order valence-electron chi connectivity index (χ4n) is 3.02. The van der Waals surface area contributed by atoms with Crippen LogP contribution in [0.4, 0.5) is 0 Å². The Bertz CT molecular complexity index is 1240. The van der Waals surface area contributed by atoms with Crippen LogP contribution in [-0.2, 0) is 0 Å². The first-order valence-corrected chi connectivity index (χ1v) is 9.01. The van der Waals surface area contributed by atoms with Gasteiger partial charge >= 0.3 is 0 Å². The van der Waals surface area contributed by atoms with Crippen molar-refractivity contribution >= 4 is 10.9 Å². The molecule has 148 valence electrons. The van der Waals surface area contributed by atoms with Crippen molar-refractivity contribution in [1.82, 2.24) is 15.1 Å². The normalized spacial score (nSPS) is 11.2. The van der Waals surface area contributed by atoms with E-state index in [4.69, 9.17) is 14.0 Å². The largest absolute Gasteiger partial charge is 0.506 e. The monoisotopic (exact) mass is 393 g/mol. The summed E-state index contributed by atoms with van der Waals surface area (Å²) in [5.74, 6) is 1.08. The van der Waals surface area contributed by atoms with Crippen molar-refractivity contribution in [3.63, 3.8) is 0 Å². The molecule has 2 aromatic carbocycles. The number of nitrogens with one attached hydrogen (secondary N) is 1. The maximum Gasteiger partial charge on any atom is 0.267 e. The topological polar surface area (TPSA) is 110 Å². The minimum atomic E-state index is -0.519. The summed E-state index contributed by atoms with van der Waals surface area (Å²) in [6.45, 7) is 3.85. The molecule has 29 heavy (non-hydrogen) atoms. The van der Waals surface area contributed by atoms with Crippen LogP contribution < -0.4 is 15.0 Å². The van der Waals surface area contributed by atoms with Crippen molar-refractivity contribution in [2.75, 3.05) is 7.11 Å². The zero-order valence-corrected chi connectivity index (χ0v) is 16.1. The minimum Gasteiger partial charge on any atom is -0.506 e. The number of fused-ring (bicyclic) bond motifs is 1. The summed E-state index contributed by atoms with van der Waals surface area (Å²) in [6, 6.07) is 12.2. The van der Waals surface area contributed by atoms with Crippen molar-refractivity contribution < 1.29 is 19.1 Å². The lowest BCUT2D eigenvalue weighted by molar-refractivity contribution is 0.230. The number of H-pyrrole nitrogens is 1. The van der Waals surface area contributed by atoms with Crippen LogP contribution in [0.2, 0.25) is 0 Å². The van der Waals surface area contributed by atoms with Gasteiger partial charge in [0.15, 0.2) is 11.5 Å². The second kappa shape index (κ2) is 7.31. The summed E-state index contributed by atoms with van der Waals surface area (Å²) in [6.07, 6.45) is -0.00543. The second-order valence-corrected chi connectivity index (χ2v) is 6.68. The highest BCUT2D eigenvalue weighted by Gasteiger charge is 2.21. The van der Waals surface area contributed by atoms with E-state index < -0.39 is 5.56 Å². The van der Waals surface area contributed by atoms with Crippen LogP contribution in [0.15, 0.2) is 51.8 Å². The molecule has 0 atom stereocenters. The number of aromatic amines is 1. The van der Waals surface area contributed by atoms with E-state index in [0.29, 0.717) is 28.0 Å². The lowest BCUT2D eigenvalue weighted by Crippen LogP contribution is -2.09. The van der Waals surface area contributed by atoms with Gasteiger partial charge in [0, 0.05) is 10.9 Å². The van der Waals surface area contributed by atoms with Gasteiger partial charge in [-0.25, -0.2) is 0 Å². The van der Waals surface area contributed by atoms with Gasteiger partial charge in [-0.05, 0) is 44.2 Å². The third kappa shape index (κ3) is 3.40. The van der Waals surface area contributed by atoms with Gasteiger partial charge in [-0.1, -0.05) is 17.3 Å². The molecule has 0 radical (unpaired) electrons. The summed E-state index contributed by atoms with van der Waals surface area (Å²) in [7, 11) is 1.54. The Labute approximate surface area is 165 Å². The first-order valence-electron chi connectivity index (χ1n) is 9.01. The van der Waals surface area contributed by atoms with E-state index in [1.807, 2.05) is 13.8 Å². The van der Waals surface area contributed by atoms with Crippen LogP contribution in [0.5, 0.6) is 17.2 Å². The predicted molar refractivity (Wildman–Crippen MR) is 107 cm³/mol. The summed E-state index contributed by atoms with van der Waals surface area (Å²) in [5, 5.41) is 15.0. The van der Waals surface area contributed by atoms with Crippen LogP contribution >= 0.6 is 0 Å². The number of nitrogens with zero attached hydrogens (tertiary/aromatic N) is 2. The number of benzene rings is 2. The standard InChI is InChI=1S/C21H19N3O5/c1-11(2)28-15-9-8-12(10-16(15)27-3)19-23-21(29-24-19)17-18(25)13-6-4-5-7-14(13)22-20(17)26/h4-11H,1-3H3,(H2,22,25,26). The maximum absolute atomic E-state index is 12.5. The Hall–Kier alpha value is -3.81. The van der Waals surface area contributed by atoms with Gasteiger partial charge < -0.3 is 24.1 Å². The lowest BCUT2D eigenvalue weighted by atomic mass is 10.1. The van der Waals surface area contributed by atoms with Crippen LogP contribution in [0.25, 0.3) is 33.7 Å². The molecule has 4 rings (SSSR count). The van der Waals surface area contributed by atoms with Gasteiger partial charge in [-0.15, -0.1) is 0 Å². The molecule has 0 spiro atoms. The highest BCUT2D eigenvalue weighted by atomic mass is 16.5. The van der Waals surface area contributed by atoms with Gasteiger partial charge in [0.25, 0.3) is 11.4 Å². The molecule has 0 fully saturated rings. The van der Waals surface area contributed by atoms with Gasteiger partial charge in [0.05, 0.1) is 18.7 Å². The first-order chi connectivity index (χ1) is 14.0. The fraction of sp³-hybridized carbons (Fsp3) is 0.190. The van der Waals surface area contributed by atoms with Crippen molar-refractivity contribution in [1.29, 1.82) is 0 Å². The Morgan fingerprint density at radius 3 is 2.69 bits per heavy atom. The second-order valence-electron chi connectivity index (χ2n) is 6.68. The Morgan fingerprint density at radius 1 is 1.14 bits per heavy atom. The number of ether oxygens (including phenoxy) is 2. The fourth-order valence-corrected chi connectivity index (χ4v) is 3.02. The van der Waals surface area contributed by atoms with E-state index in [1.165, 1.54) is 0 Å². The number of hydrogen-bond acceptors (Lipinski definition) is 7. The Kier molecular flexibility index (Phi) is 4.67. The number of rotatable bonds is 5. The van der Waals surface area contributed by atoms with Gasteiger partial charge in [0.2, 0.25) is 5.82 Å².